The Morgan fingerprint density at radius 3 is 2.53 bits per heavy atom. The second-order valence-corrected chi connectivity index (χ2v) is 11.6. The number of halogens is 4. The number of aliphatic carboxylic acids is 1. The number of carbonyl (C=O) groups is 2. The molecule has 0 radical (unpaired) electrons. The Kier molecular flexibility index (Phi) is 6.75. The lowest BCUT2D eigenvalue weighted by atomic mass is 9.60. The second kappa shape index (κ2) is 9.25. The average molecular weight is 592 g/mol. The summed E-state index contributed by atoms with van der Waals surface area (Å²) in [6.07, 6.45) is -5.21. The van der Waals surface area contributed by atoms with Crippen LogP contribution in [0.3, 0.4) is 0 Å². The molecule has 194 valence electrons. The van der Waals surface area contributed by atoms with Crippen LogP contribution in [0.1, 0.15) is 24.8 Å². The molecule has 2 aromatic carbocycles. The number of hydrogen-bond donors (Lipinski definition) is 1. The quantitative estimate of drug-likeness (QED) is 0.390. The first kappa shape index (κ1) is 26.3. The molecule has 2 aliphatic rings. The molecule has 2 aromatic rings. The smallest absolute Gasteiger partial charge is 0.416 e. The van der Waals surface area contributed by atoms with Crippen molar-refractivity contribution in [3.05, 3.63) is 52.5 Å². The summed E-state index contributed by atoms with van der Waals surface area (Å²) in [5.74, 6) is -2.19. The summed E-state index contributed by atoms with van der Waals surface area (Å²) < 4.78 is 78.9. The van der Waals surface area contributed by atoms with Crippen molar-refractivity contribution in [2.75, 3.05) is 18.0 Å². The maximum Gasteiger partial charge on any atom is 0.416 e. The molecule has 36 heavy (non-hydrogen) atoms. The highest BCUT2D eigenvalue weighted by atomic mass is 79.9. The zero-order chi connectivity index (χ0) is 26.5. The molecule has 1 N–H and O–H groups in total. The van der Waals surface area contributed by atoms with Gasteiger partial charge in [-0.25, -0.2) is 8.42 Å². The number of rotatable bonds is 6. The van der Waals surface area contributed by atoms with Crippen molar-refractivity contribution in [3.8, 4) is 5.75 Å². The number of fused-ring (bicyclic) bond motifs is 1. The fraction of sp³-hybridized carbons (Fsp3) is 0.391. The van der Waals surface area contributed by atoms with Crippen LogP contribution in [0.4, 0.5) is 18.9 Å². The molecule has 1 unspecified atom stereocenters. The molecule has 0 bridgehead atoms. The van der Waals surface area contributed by atoms with Crippen LogP contribution in [0.25, 0.3) is 0 Å². The van der Waals surface area contributed by atoms with E-state index in [0.717, 1.165) is 29.6 Å². The standard InChI is InChI=1S/C23H21BrF3NO7S/c1-34-21(31)22(20(29)30)10-13(11-22)7-16-12-28(18-9-15(24)5-6-19(18)35-16)36(32,33)17-4-2-3-14(8-17)23(25,26)27/h2-6,8-9,13,16H,7,10-12H2,1H3,(H,29,30). The molecule has 0 saturated heterocycles. The third kappa shape index (κ3) is 4.65. The normalized spacial score (nSPS) is 23.8. The number of anilines is 1. The van der Waals surface area contributed by atoms with Gasteiger partial charge < -0.3 is 14.6 Å². The van der Waals surface area contributed by atoms with Gasteiger partial charge in [0.05, 0.1) is 29.8 Å². The fourth-order valence-electron chi connectivity index (χ4n) is 4.68. The van der Waals surface area contributed by atoms with Gasteiger partial charge in [-0.3, -0.25) is 13.9 Å². The number of alkyl halides is 3. The molecule has 13 heteroatoms. The maximum absolute atomic E-state index is 13.5. The van der Waals surface area contributed by atoms with E-state index in [1.54, 1.807) is 6.07 Å². The lowest BCUT2D eigenvalue weighted by molar-refractivity contribution is -0.178. The molecule has 1 aliphatic heterocycles. The van der Waals surface area contributed by atoms with Gasteiger partial charge in [-0.2, -0.15) is 13.2 Å². The van der Waals surface area contributed by atoms with Crippen LogP contribution >= 0.6 is 15.9 Å². The maximum atomic E-state index is 13.5. The first-order valence-electron chi connectivity index (χ1n) is 10.8. The number of benzene rings is 2. The summed E-state index contributed by atoms with van der Waals surface area (Å²) in [6.45, 7) is -0.211. The zero-order valence-corrected chi connectivity index (χ0v) is 21.2. The Morgan fingerprint density at radius 2 is 1.92 bits per heavy atom. The third-order valence-corrected chi connectivity index (χ3v) is 8.73. The number of carboxylic acids is 1. The molecule has 0 spiro atoms. The largest absolute Gasteiger partial charge is 0.486 e. The lowest BCUT2D eigenvalue weighted by Crippen LogP contribution is -2.52. The van der Waals surface area contributed by atoms with Gasteiger partial charge in [-0.1, -0.05) is 22.0 Å². The van der Waals surface area contributed by atoms with Crippen LogP contribution in [0.5, 0.6) is 5.75 Å². The van der Waals surface area contributed by atoms with Gasteiger partial charge in [0, 0.05) is 4.47 Å². The van der Waals surface area contributed by atoms with E-state index in [4.69, 9.17) is 4.74 Å². The second-order valence-electron chi connectivity index (χ2n) is 8.80. The minimum atomic E-state index is -4.72. The Bertz CT molecular complexity index is 1310. The van der Waals surface area contributed by atoms with Crippen molar-refractivity contribution < 1.29 is 45.8 Å². The molecule has 1 aliphatic carbocycles. The first-order valence-corrected chi connectivity index (χ1v) is 13.0. The summed E-state index contributed by atoms with van der Waals surface area (Å²) in [6, 6.07) is 8.16. The topological polar surface area (TPSA) is 110 Å². The van der Waals surface area contributed by atoms with E-state index in [1.165, 1.54) is 12.1 Å². The highest BCUT2D eigenvalue weighted by molar-refractivity contribution is 9.10. The lowest BCUT2D eigenvalue weighted by Gasteiger charge is -2.44. The molecule has 0 aromatic heterocycles. The number of methoxy groups -OCH3 is 1. The van der Waals surface area contributed by atoms with E-state index in [1.807, 2.05) is 0 Å². The van der Waals surface area contributed by atoms with Crippen LogP contribution in [0.15, 0.2) is 51.8 Å². The number of carbonyl (C=O) groups excluding carboxylic acids is 1. The van der Waals surface area contributed by atoms with E-state index in [-0.39, 0.29) is 43.2 Å². The summed E-state index contributed by atoms with van der Waals surface area (Å²) >= 11 is 3.28. The van der Waals surface area contributed by atoms with Gasteiger partial charge in [0.2, 0.25) is 0 Å². The molecule has 0 amide bonds. The van der Waals surface area contributed by atoms with Crippen molar-refractivity contribution in [1.82, 2.24) is 0 Å². The summed E-state index contributed by atoms with van der Waals surface area (Å²) in [4.78, 5) is 23.2. The number of hydrogen-bond acceptors (Lipinski definition) is 6. The van der Waals surface area contributed by atoms with Gasteiger partial charge >= 0.3 is 18.1 Å². The van der Waals surface area contributed by atoms with E-state index in [0.29, 0.717) is 10.5 Å². The minimum Gasteiger partial charge on any atom is -0.486 e. The highest BCUT2D eigenvalue weighted by Gasteiger charge is 2.58. The summed E-state index contributed by atoms with van der Waals surface area (Å²) in [7, 11) is -3.31. The Hall–Kier alpha value is -2.80. The van der Waals surface area contributed by atoms with Gasteiger partial charge in [-0.15, -0.1) is 0 Å². The van der Waals surface area contributed by atoms with Crippen LogP contribution in [-0.4, -0.2) is 45.2 Å². The zero-order valence-electron chi connectivity index (χ0n) is 18.8. The monoisotopic (exact) mass is 591 g/mol. The van der Waals surface area contributed by atoms with E-state index in [2.05, 4.69) is 20.7 Å². The highest BCUT2D eigenvalue weighted by Crippen LogP contribution is 2.50. The fourth-order valence-corrected chi connectivity index (χ4v) is 6.58. The SMILES string of the molecule is COC(=O)C1(C(=O)O)CC(CC2CN(S(=O)(=O)c3cccc(C(F)(F)F)c3)c3cc(Br)ccc3O2)C1. The molecular weight excluding hydrogens is 571 g/mol. The minimum absolute atomic E-state index is 0.00242. The summed E-state index contributed by atoms with van der Waals surface area (Å²) in [5.41, 5.74) is -2.59. The molecule has 1 heterocycles. The number of nitrogens with zero attached hydrogens (tertiary/aromatic N) is 1. The number of esters is 1. The number of ether oxygens (including phenoxy) is 2. The van der Waals surface area contributed by atoms with E-state index < -0.39 is 50.1 Å². The summed E-state index contributed by atoms with van der Waals surface area (Å²) in [5, 5.41) is 9.52. The number of carboxylic acid groups (broad SMARTS) is 1. The number of sulfonamides is 1. The third-order valence-electron chi connectivity index (χ3n) is 6.46. The van der Waals surface area contributed by atoms with Crippen LogP contribution in [0, 0.1) is 11.3 Å². The Balaban J connectivity index is 1.63. The van der Waals surface area contributed by atoms with Crippen LogP contribution in [-0.2, 0) is 30.5 Å². The van der Waals surface area contributed by atoms with Gasteiger partial charge in [0.15, 0.2) is 5.41 Å². The Labute approximate surface area is 213 Å². The van der Waals surface area contributed by atoms with Crippen molar-refractivity contribution in [3.63, 3.8) is 0 Å². The van der Waals surface area contributed by atoms with Gasteiger partial charge in [-0.05, 0) is 61.6 Å². The molecule has 4 rings (SSSR count). The van der Waals surface area contributed by atoms with Gasteiger partial charge in [0.25, 0.3) is 10.0 Å². The predicted molar refractivity (Wildman–Crippen MR) is 124 cm³/mol. The molecule has 8 nitrogen and oxygen atoms in total. The van der Waals surface area contributed by atoms with E-state index in [9.17, 15) is 36.3 Å². The molecule has 1 saturated carbocycles. The molecule has 1 atom stereocenters. The van der Waals surface area contributed by atoms with Crippen molar-refractivity contribution in [2.24, 2.45) is 11.3 Å². The molecular formula is C23H21BrF3NO7S. The van der Waals surface area contributed by atoms with Crippen LogP contribution in [0.2, 0.25) is 0 Å². The Morgan fingerprint density at radius 1 is 1.22 bits per heavy atom. The van der Waals surface area contributed by atoms with Gasteiger partial charge in [0.1, 0.15) is 11.9 Å². The van der Waals surface area contributed by atoms with Crippen molar-refractivity contribution >= 4 is 43.6 Å². The van der Waals surface area contributed by atoms with Crippen LogP contribution < -0.4 is 9.04 Å². The first-order chi connectivity index (χ1) is 16.8. The van der Waals surface area contributed by atoms with Crippen molar-refractivity contribution in [2.45, 2.75) is 36.4 Å². The predicted octanol–water partition coefficient (Wildman–Crippen LogP) is 4.47. The van der Waals surface area contributed by atoms with E-state index >= 15 is 0 Å². The molecule has 1 fully saturated rings. The van der Waals surface area contributed by atoms with Crippen molar-refractivity contribution in [1.29, 1.82) is 0 Å². The average Bonchev–Trinajstić information content (AvgIpc) is 2.79.